The van der Waals surface area contributed by atoms with Gasteiger partial charge in [-0.05, 0) is 20.3 Å². The van der Waals surface area contributed by atoms with Crippen molar-refractivity contribution in [2.45, 2.75) is 52.9 Å². The molecule has 90 valence electrons. The molecule has 2 nitrogen and oxygen atoms in total. The molecule has 0 aliphatic carbocycles. The highest BCUT2D eigenvalue weighted by Gasteiger charge is 1.94. The van der Waals surface area contributed by atoms with E-state index in [1.807, 2.05) is 6.92 Å². The van der Waals surface area contributed by atoms with Crippen LogP contribution in [0.15, 0.2) is 11.6 Å². The van der Waals surface area contributed by atoms with E-state index in [9.17, 15) is 4.79 Å². The first kappa shape index (κ1) is 14.8. The van der Waals surface area contributed by atoms with Gasteiger partial charge in [0.05, 0.1) is 6.61 Å². The fourth-order valence-electron chi connectivity index (χ4n) is 1.24. The molecule has 0 saturated carbocycles. The summed E-state index contributed by atoms with van der Waals surface area (Å²) in [4.78, 5) is 11.1. The summed E-state index contributed by atoms with van der Waals surface area (Å²) < 4.78 is 4.79. The lowest BCUT2D eigenvalue weighted by Crippen LogP contribution is -1.99. The lowest BCUT2D eigenvalue weighted by molar-refractivity contribution is -0.137. The van der Waals surface area contributed by atoms with Gasteiger partial charge in [0, 0.05) is 18.1 Å². The highest BCUT2D eigenvalue weighted by atomic mass is 16.5. The van der Waals surface area contributed by atoms with Gasteiger partial charge in [0.2, 0.25) is 0 Å². The zero-order valence-electron chi connectivity index (χ0n) is 10.6. The number of ether oxygens (including phenoxy) is 1. The minimum Gasteiger partial charge on any atom is -0.463 e. The van der Waals surface area contributed by atoms with Crippen LogP contribution in [0, 0.1) is 11.8 Å². The van der Waals surface area contributed by atoms with Crippen LogP contribution in [-0.2, 0) is 9.53 Å². The van der Waals surface area contributed by atoms with Crippen LogP contribution in [0.1, 0.15) is 52.9 Å². The summed E-state index contributed by atoms with van der Waals surface area (Å²) in [5, 5.41) is 0. The van der Waals surface area contributed by atoms with Gasteiger partial charge in [0.25, 0.3) is 0 Å². The second-order valence-electron chi connectivity index (χ2n) is 3.69. The molecule has 0 bridgehead atoms. The third-order valence-corrected chi connectivity index (χ3v) is 2.06. The maximum atomic E-state index is 11.1. The lowest BCUT2D eigenvalue weighted by Gasteiger charge is -1.95. The highest BCUT2D eigenvalue weighted by molar-refractivity contribution is 5.83. The summed E-state index contributed by atoms with van der Waals surface area (Å²) in [6.45, 7) is 6.22. The topological polar surface area (TPSA) is 26.3 Å². The van der Waals surface area contributed by atoms with Crippen molar-refractivity contribution < 1.29 is 9.53 Å². The SMILES string of the molecule is CCCCCCC#C/C(C)=C/C(=O)OCC. The molecule has 0 unspecified atom stereocenters. The van der Waals surface area contributed by atoms with E-state index in [1.54, 1.807) is 6.92 Å². The molecule has 0 radical (unpaired) electrons. The Morgan fingerprint density at radius 2 is 2.00 bits per heavy atom. The van der Waals surface area contributed by atoms with Gasteiger partial charge < -0.3 is 4.74 Å². The van der Waals surface area contributed by atoms with Gasteiger partial charge in [-0.15, -0.1) is 0 Å². The van der Waals surface area contributed by atoms with Crippen molar-refractivity contribution in [1.29, 1.82) is 0 Å². The minimum atomic E-state index is -0.305. The molecule has 0 atom stereocenters. The number of unbranched alkanes of at least 4 members (excludes halogenated alkanes) is 4. The summed E-state index contributed by atoms with van der Waals surface area (Å²) in [7, 11) is 0. The van der Waals surface area contributed by atoms with E-state index in [0.717, 1.165) is 18.4 Å². The van der Waals surface area contributed by atoms with Gasteiger partial charge in [-0.2, -0.15) is 0 Å². The Labute approximate surface area is 99.1 Å². The fourth-order valence-corrected chi connectivity index (χ4v) is 1.24. The molecule has 0 amide bonds. The third kappa shape index (κ3) is 9.33. The summed E-state index contributed by atoms with van der Waals surface area (Å²) in [5.41, 5.74) is 0.772. The first-order valence-electron chi connectivity index (χ1n) is 6.04. The molecule has 2 heteroatoms. The molecule has 0 spiro atoms. The van der Waals surface area contributed by atoms with E-state index in [2.05, 4.69) is 18.8 Å². The van der Waals surface area contributed by atoms with Gasteiger partial charge in [0.15, 0.2) is 0 Å². The largest absolute Gasteiger partial charge is 0.463 e. The molecule has 0 rings (SSSR count). The summed E-state index contributed by atoms with van der Waals surface area (Å²) in [5.74, 6) is 5.72. The fraction of sp³-hybridized carbons (Fsp3) is 0.643. The van der Waals surface area contributed by atoms with Crippen molar-refractivity contribution in [3.63, 3.8) is 0 Å². The van der Waals surface area contributed by atoms with Gasteiger partial charge in [-0.1, -0.05) is 38.0 Å². The Morgan fingerprint density at radius 1 is 1.25 bits per heavy atom. The highest BCUT2D eigenvalue weighted by Crippen LogP contribution is 2.01. The van der Waals surface area contributed by atoms with Gasteiger partial charge >= 0.3 is 5.97 Å². The lowest BCUT2D eigenvalue weighted by atomic mass is 10.1. The number of carbonyl (C=O) groups excluding carboxylic acids is 1. The molecule has 0 saturated heterocycles. The number of esters is 1. The Bertz CT molecular complexity index is 279. The molecule has 0 heterocycles. The number of carbonyl (C=O) groups is 1. The van der Waals surface area contributed by atoms with Crippen molar-refractivity contribution in [2.75, 3.05) is 6.61 Å². The van der Waals surface area contributed by atoms with Crippen molar-refractivity contribution in [3.8, 4) is 11.8 Å². The molecule has 0 aliphatic heterocycles. The number of hydrogen-bond acceptors (Lipinski definition) is 2. The molecule has 0 fully saturated rings. The van der Waals surface area contributed by atoms with Crippen LogP contribution in [0.2, 0.25) is 0 Å². The minimum absolute atomic E-state index is 0.305. The van der Waals surface area contributed by atoms with Crippen LogP contribution < -0.4 is 0 Å². The first-order valence-corrected chi connectivity index (χ1v) is 6.04. The number of allylic oxidation sites excluding steroid dienone is 1. The van der Waals surface area contributed by atoms with Gasteiger partial charge in [-0.3, -0.25) is 0 Å². The predicted octanol–water partition coefficient (Wildman–Crippen LogP) is 3.47. The summed E-state index contributed by atoms with van der Waals surface area (Å²) >= 11 is 0. The monoisotopic (exact) mass is 222 g/mol. The predicted molar refractivity (Wildman–Crippen MR) is 66.9 cm³/mol. The van der Waals surface area contributed by atoms with Crippen molar-refractivity contribution in [3.05, 3.63) is 11.6 Å². The van der Waals surface area contributed by atoms with E-state index in [-0.39, 0.29) is 5.97 Å². The van der Waals surface area contributed by atoms with Crippen LogP contribution in [-0.4, -0.2) is 12.6 Å². The molecule has 0 aromatic rings. The van der Waals surface area contributed by atoms with Crippen molar-refractivity contribution in [2.24, 2.45) is 0 Å². The van der Waals surface area contributed by atoms with Crippen LogP contribution in [0.25, 0.3) is 0 Å². The second kappa shape index (κ2) is 10.3. The van der Waals surface area contributed by atoms with E-state index in [0.29, 0.717) is 6.61 Å². The normalized spacial score (nSPS) is 10.6. The van der Waals surface area contributed by atoms with Crippen LogP contribution in [0.5, 0.6) is 0 Å². The Morgan fingerprint density at radius 3 is 2.62 bits per heavy atom. The molecule has 0 aliphatic rings. The Hall–Kier alpha value is -1.23. The smallest absolute Gasteiger partial charge is 0.331 e. The van der Waals surface area contributed by atoms with E-state index < -0.39 is 0 Å². The Kier molecular flexibility index (Phi) is 9.50. The van der Waals surface area contributed by atoms with E-state index in [1.165, 1.54) is 25.3 Å². The molecular formula is C14H22O2. The molecule has 0 aromatic carbocycles. The van der Waals surface area contributed by atoms with Crippen LogP contribution in [0.3, 0.4) is 0 Å². The van der Waals surface area contributed by atoms with Crippen molar-refractivity contribution in [1.82, 2.24) is 0 Å². The molecular weight excluding hydrogens is 200 g/mol. The maximum Gasteiger partial charge on any atom is 0.331 e. The number of rotatable bonds is 6. The van der Waals surface area contributed by atoms with Gasteiger partial charge in [0.1, 0.15) is 0 Å². The Balaban J connectivity index is 3.80. The summed E-state index contributed by atoms with van der Waals surface area (Å²) in [6.07, 6.45) is 7.27. The average molecular weight is 222 g/mol. The quantitative estimate of drug-likeness (QED) is 0.298. The van der Waals surface area contributed by atoms with Crippen LogP contribution >= 0.6 is 0 Å². The summed E-state index contributed by atoms with van der Waals surface area (Å²) in [6, 6.07) is 0. The first-order chi connectivity index (χ1) is 7.70. The third-order valence-electron chi connectivity index (χ3n) is 2.06. The zero-order chi connectivity index (χ0) is 12.2. The molecule has 0 N–H and O–H groups in total. The van der Waals surface area contributed by atoms with Gasteiger partial charge in [-0.25, -0.2) is 4.79 Å². The maximum absolute atomic E-state index is 11.1. The molecule has 0 aromatic heterocycles. The van der Waals surface area contributed by atoms with Crippen molar-refractivity contribution >= 4 is 5.97 Å². The van der Waals surface area contributed by atoms with E-state index in [4.69, 9.17) is 4.74 Å². The zero-order valence-corrected chi connectivity index (χ0v) is 10.6. The van der Waals surface area contributed by atoms with E-state index >= 15 is 0 Å². The molecule has 16 heavy (non-hydrogen) atoms. The average Bonchev–Trinajstić information content (AvgIpc) is 2.23. The van der Waals surface area contributed by atoms with Crippen LogP contribution in [0.4, 0.5) is 0 Å². The second-order valence-corrected chi connectivity index (χ2v) is 3.69. The number of hydrogen-bond donors (Lipinski definition) is 0. The standard InChI is InChI=1S/C14H22O2/c1-4-6-7-8-9-10-11-13(3)12-14(15)16-5-2/h12H,4-9H2,1-3H3/b13-12+.